The lowest BCUT2D eigenvalue weighted by atomic mass is 10.1. The van der Waals surface area contributed by atoms with Crippen LogP contribution in [0.2, 0.25) is 0 Å². The Bertz CT molecular complexity index is 364. The van der Waals surface area contributed by atoms with Gasteiger partial charge in [0.15, 0.2) is 9.84 Å². The molecule has 2 saturated heterocycles. The topological polar surface area (TPSA) is 55.4 Å². The summed E-state index contributed by atoms with van der Waals surface area (Å²) in [6.07, 6.45) is 3.31. The van der Waals surface area contributed by atoms with Crippen molar-refractivity contribution in [2.24, 2.45) is 5.92 Å². The van der Waals surface area contributed by atoms with Gasteiger partial charge in [0.2, 0.25) is 0 Å². The number of nitrogens with one attached hydrogen (secondary N) is 1. The van der Waals surface area contributed by atoms with Crippen LogP contribution in [0.5, 0.6) is 0 Å². The zero-order valence-corrected chi connectivity index (χ0v) is 11.6. The molecule has 17 heavy (non-hydrogen) atoms. The van der Waals surface area contributed by atoms with Crippen LogP contribution in [0.1, 0.15) is 33.1 Å². The van der Waals surface area contributed by atoms with Crippen molar-refractivity contribution in [3.8, 4) is 0 Å². The van der Waals surface area contributed by atoms with E-state index in [9.17, 15) is 8.42 Å². The van der Waals surface area contributed by atoms with Gasteiger partial charge in [0, 0.05) is 6.54 Å². The largest absolute Gasteiger partial charge is 0.371 e. The highest BCUT2D eigenvalue weighted by Crippen LogP contribution is 2.28. The molecule has 2 aliphatic heterocycles. The van der Waals surface area contributed by atoms with Crippen LogP contribution in [0.4, 0.5) is 0 Å². The molecule has 0 bridgehead atoms. The predicted molar refractivity (Wildman–Crippen MR) is 67.8 cm³/mol. The first-order valence-corrected chi connectivity index (χ1v) is 8.27. The van der Waals surface area contributed by atoms with Gasteiger partial charge in [-0.15, -0.1) is 0 Å². The Morgan fingerprint density at radius 1 is 1.29 bits per heavy atom. The molecule has 2 unspecified atom stereocenters. The van der Waals surface area contributed by atoms with Crippen molar-refractivity contribution in [1.82, 2.24) is 5.32 Å². The molecule has 2 fully saturated rings. The van der Waals surface area contributed by atoms with Crippen molar-refractivity contribution in [2.45, 2.75) is 44.8 Å². The Labute approximate surface area is 104 Å². The quantitative estimate of drug-likeness (QED) is 0.819. The number of sulfone groups is 1. The maximum Gasteiger partial charge on any atom is 0.150 e. The van der Waals surface area contributed by atoms with Crippen LogP contribution in [-0.4, -0.2) is 44.7 Å². The zero-order chi connectivity index (χ0) is 12.5. The molecule has 2 aliphatic rings. The fourth-order valence-electron chi connectivity index (χ4n) is 2.70. The van der Waals surface area contributed by atoms with E-state index in [4.69, 9.17) is 4.74 Å². The first-order chi connectivity index (χ1) is 7.86. The Morgan fingerprint density at radius 3 is 2.59 bits per heavy atom. The molecule has 5 heteroatoms. The van der Waals surface area contributed by atoms with Crippen molar-refractivity contribution >= 4 is 9.84 Å². The van der Waals surface area contributed by atoms with Gasteiger partial charge in [-0.25, -0.2) is 8.42 Å². The average Bonchev–Trinajstić information content (AvgIpc) is 2.70. The first kappa shape index (κ1) is 13.3. The summed E-state index contributed by atoms with van der Waals surface area (Å²) < 4.78 is 28.5. The first-order valence-electron chi connectivity index (χ1n) is 6.45. The lowest BCUT2D eigenvalue weighted by Crippen LogP contribution is -2.32. The summed E-state index contributed by atoms with van der Waals surface area (Å²) in [4.78, 5) is 0. The molecule has 0 aromatic rings. The molecule has 1 N–H and O–H groups in total. The van der Waals surface area contributed by atoms with Crippen LogP contribution in [-0.2, 0) is 14.6 Å². The van der Waals surface area contributed by atoms with Crippen LogP contribution in [0, 0.1) is 5.92 Å². The molecule has 2 rings (SSSR count). The van der Waals surface area contributed by atoms with Gasteiger partial charge in [0.1, 0.15) is 0 Å². The van der Waals surface area contributed by atoms with Crippen molar-refractivity contribution in [1.29, 1.82) is 0 Å². The standard InChI is InChI=1S/C12H23NO3S/c1-12(2)5-3-11(16-12)8-13-7-10-4-6-17(14,15)9-10/h10-11,13H,3-9H2,1-2H3. The molecule has 100 valence electrons. The highest BCUT2D eigenvalue weighted by Gasteiger charge is 2.32. The van der Waals surface area contributed by atoms with Gasteiger partial charge in [-0.2, -0.15) is 0 Å². The molecule has 2 heterocycles. The maximum atomic E-state index is 11.3. The zero-order valence-electron chi connectivity index (χ0n) is 10.7. The molecule has 0 spiro atoms. The summed E-state index contributed by atoms with van der Waals surface area (Å²) in [5.41, 5.74) is 0.0169. The van der Waals surface area contributed by atoms with E-state index < -0.39 is 9.84 Å². The average molecular weight is 261 g/mol. The molecule has 4 nitrogen and oxygen atoms in total. The number of hydrogen-bond acceptors (Lipinski definition) is 4. The van der Waals surface area contributed by atoms with Gasteiger partial charge in [0.05, 0.1) is 23.2 Å². The number of rotatable bonds is 4. The number of ether oxygens (including phenoxy) is 1. The molecule has 2 atom stereocenters. The molecule has 0 saturated carbocycles. The van der Waals surface area contributed by atoms with Gasteiger partial charge in [-0.05, 0) is 45.6 Å². The summed E-state index contributed by atoms with van der Waals surface area (Å²) in [5, 5.41) is 3.36. The van der Waals surface area contributed by atoms with Crippen LogP contribution in [0.15, 0.2) is 0 Å². The second-order valence-electron chi connectivity index (χ2n) is 5.97. The summed E-state index contributed by atoms with van der Waals surface area (Å²) in [6, 6.07) is 0. The van der Waals surface area contributed by atoms with Crippen molar-refractivity contribution in [3.05, 3.63) is 0 Å². The Morgan fingerprint density at radius 2 is 2.06 bits per heavy atom. The summed E-state index contributed by atoms with van der Waals surface area (Å²) in [5.74, 6) is 1.03. The molecule has 0 aliphatic carbocycles. The molecule has 0 aromatic carbocycles. The van der Waals surface area contributed by atoms with E-state index in [-0.39, 0.29) is 5.60 Å². The minimum atomic E-state index is -2.73. The van der Waals surface area contributed by atoms with Crippen molar-refractivity contribution < 1.29 is 13.2 Å². The Hall–Kier alpha value is -0.130. The van der Waals surface area contributed by atoms with Gasteiger partial charge in [0.25, 0.3) is 0 Å². The SMILES string of the molecule is CC1(C)CCC(CNCC2CCS(=O)(=O)C2)O1. The second-order valence-corrected chi connectivity index (χ2v) is 8.19. The molecule has 0 aromatic heterocycles. The van der Waals surface area contributed by atoms with E-state index >= 15 is 0 Å². The van der Waals surface area contributed by atoms with Crippen LogP contribution in [0.25, 0.3) is 0 Å². The summed E-state index contributed by atoms with van der Waals surface area (Å²) in [7, 11) is -2.73. The van der Waals surface area contributed by atoms with Gasteiger partial charge in [-0.1, -0.05) is 0 Å². The fraction of sp³-hybridized carbons (Fsp3) is 1.00. The van der Waals surface area contributed by atoms with Crippen LogP contribution in [0.3, 0.4) is 0 Å². The lowest BCUT2D eigenvalue weighted by molar-refractivity contribution is -0.0143. The summed E-state index contributed by atoms with van der Waals surface area (Å²) in [6.45, 7) is 5.90. The van der Waals surface area contributed by atoms with Gasteiger partial charge in [-0.3, -0.25) is 0 Å². The van der Waals surface area contributed by atoms with E-state index in [0.717, 1.165) is 32.4 Å². The van der Waals surface area contributed by atoms with Gasteiger partial charge < -0.3 is 10.1 Å². The molecular weight excluding hydrogens is 238 g/mol. The second kappa shape index (κ2) is 4.86. The highest BCUT2D eigenvalue weighted by molar-refractivity contribution is 7.91. The lowest BCUT2D eigenvalue weighted by Gasteiger charge is -2.20. The monoisotopic (exact) mass is 261 g/mol. The molecule has 0 amide bonds. The van der Waals surface area contributed by atoms with Crippen LogP contribution < -0.4 is 5.32 Å². The van der Waals surface area contributed by atoms with E-state index in [2.05, 4.69) is 19.2 Å². The summed E-state index contributed by atoms with van der Waals surface area (Å²) >= 11 is 0. The molecular formula is C12H23NO3S. The van der Waals surface area contributed by atoms with E-state index in [1.54, 1.807) is 0 Å². The van der Waals surface area contributed by atoms with E-state index in [1.807, 2.05) is 0 Å². The Balaban J connectivity index is 1.64. The smallest absolute Gasteiger partial charge is 0.150 e. The minimum Gasteiger partial charge on any atom is -0.371 e. The van der Waals surface area contributed by atoms with Crippen molar-refractivity contribution in [2.75, 3.05) is 24.6 Å². The third kappa shape index (κ3) is 3.93. The highest BCUT2D eigenvalue weighted by atomic mass is 32.2. The van der Waals surface area contributed by atoms with Crippen LogP contribution >= 0.6 is 0 Å². The van der Waals surface area contributed by atoms with E-state index in [0.29, 0.717) is 23.5 Å². The third-order valence-corrected chi connectivity index (χ3v) is 5.52. The number of hydrogen-bond donors (Lipinski definition) is 1. The normalized spacial score (nSPS) is 35.2. The third-order valence-electron chi connectivity index (χ3n) is 3.69. The fourth-order valence-corrected chi connectivity index (χ4v) is 4.56. The minimum absolute atomic E-state index is 0.0169. The van der Waals surface area contributed by atoms with Crippen molar-refractivity contribution in [3.63, 3.8) is 0 Å². The van der Waals surface area contributed by atoms with E-state index in [1.165, 1.54) is 0 Å². The maximum absolute atomic E-state index is 11.3. The predicted octanol–water partition coefficient (Wildman–Crippen LogP) is 0.968. The molecule has 0 radical (unpaired) electrons. The Kier molecular flexibility index (Phi) is 3.80. The van der Waals surface area contributed by atoms with Gasteiger partial charge >= 0.3 is 0 Å².